The van der Waals surface area contributed by atoms with Crippen LogP contribution in [0, 0.1) is 0 Å². The van der Waals surface area contributed by atoms with Crippen molar-refractivity contribution in [3.63, 3.8) is 0 Å². The molecule has 5 nitrogen and oxygen atoms in total. The van der Waals surface area contributed by atoms with E-state index in [1.165, 1.54) is 0 Å². The van der Waals surface area contributed by atoms with Crippen LogP contribution in [0.2, 0.25) is 0 Å². The van der Waals surface area contributed by atoms with Crippen molar-refractivity contribution in [2.45, 2.75) is 0 Å². The number of carbonyl (C=O) groups is 2. The molecule has 1 aromatic heterocycles. The first-order chi connectivity index (χ1) is 10.1. The SMILES string of the molecule is CNCCN(C)C(=O)c1ccc(C(=O)c2cc[nH]c2)cc1.Cl. The highest BCUT2D eigenvalue weighted by Gasteiger charge is 2.13. The molecule has 1 amide bonds. The molecule has 1 heterocycles. The fraction of sp³-hybridized carbons (Fsp3) is 0.250. The van der Waals surface area contributed by atoms with Gasteiger partial charge in [-0.2, -0.15) is 0 Å². The summed E-state index contributed by atoms with van der Waals surface area (Å²) in [5.41, 5.74) is 1.77. The molecule has 0 radical (unpaired) electrons. The minimum absolute atomic E-state index is 0. The number of ketones is 1. The summed E-state index contributed by atoms with van der Waals surface area (Å²) in [6.45, 7) is 1.38. The summed E-state index contributed by atoms with van der Waals surface area (Å²) in [5, 5.41) is 3.00. The molecule has 2 rings (SSSR count). The molecular formula is C16H20ClN3O2. The molecule has 6 heteroatoms. The summed E-state index contributed by atoms with van der Waals surface area (Å²) in [6.07, 6.45) is 3.37. The number of H-pyrrole nitrogens is 1. The van der Waals surface area contributed by atoms with Crippen LogP contribution < -0.4 is 5.32 Å². The predicted octanol–water partition coefficient (Wildman–Crippen LogP) is 1.96. The quantitative estimate of drug-likeness (QED) is 0.799. The Labute approximate surface area is 136 Å². The lowest BCUT2D eigenvalue weighted by atomic mass is 10.0. The van der Waals surface area contributed by atoms with Gasteiger partial charge in [-0.1, -0.05) is 12.1 Å². The second-order valence-corrected chi connectivity index (χ2v) is 4.84. The van der Waals surface area contributed by atoms with Crippen molar-refractivity contribution < 1.29 is 9.59 Å². The number of amides is 1. The lowest BCUT2D eigenvalue weighted by molar-refractivity contribution is 0.0796. The minimum Gasteiger partial charge on any atom is -0.367 e. The number of nitrogens with zero attached hydrogens (tertiary/aromatic N) is 1. The Morgan fingerprint density at radius 1 is 1.09 bits per heavy atom. The number of carbonyl (C=O) groups excluding carboxylic acids is 2. The number of hydrogen-bond donors (Lipinski definition) is 2. The molecule has 0 fully saturated rings. The number of benzene rings is 1. The van der Waals surface area contributed by atoms with E-state index in [1.54, 1.807) is 54.7 Å². The summed E-state index contributed by atoms with van der Waals surface area (Å²) in [5.74, 6) is -0.107. The van der Waals surface area contributed by atoms with Crippen LogP contribution in [0.4, 0.5) is 0 Å². The average Bonchev–Trinajstić information content (AvgIpc) is 3.05. The van der Waals surface area contributed by atoms with Gasteiger partial charge in [0.2, 0.25) is 0 Å². The summed E-state index contributed by atoms with van der Waals surface area (Å²) in [6, 6.07) is 8.49. The van der Waals surface area contributed by atoms with Gasteiger partial charge in [0.1, 0.15) is 0 Å². The van der Waals surface area contributed by atoms with E-state index in [-0.39, 0.29) is 24.1 Å². The van der Waals surface area contributed by atoms with Crippen LogP contribution in [-0.2, 0) is 0 Å². The van der Waals surface area contributed by atoms with E-state index in [2.05, 4.69) is 10.3 Å². The summed E-state index contributed by atoms with van der Waals surface area (Å²) in [7, 11) is 3.61. The van der Waals surface area contributed by atoms with Crippen molar-refractivity contribution in [1.29, 1.82) is 0 Å². The van der Waals surface area contributed by atoms with Crippen molar-refractivity contribution in [2.24, 2.45) is 0 Å². The van der Waals surface area contributed by atoms with Crippen LogP contribution in [-0.4, -0.2) is 48.8 Å². The Bertz CT molecular complexity index is 609. The molecule has 0 aliphatic carbocycles. The molecule has 0 spiro atoms. The van der Waals surface area contributed by atoms with Gasteiger partial charge in [-0.3, -0.25) is 9.59 Å². The van der Waals surface area contributed by atoms with Gasteiger partial charge in [0, 0.05) is 49.2 Å². The maximum Gasteiger partial charge on any atom is 0.253 e. The van der Waals surface area contributed by atoms with Crippen LogP contribution in [0.25, 0.3) is 0 Å². The Kier molecular flexibility index (Phi) is 6.82. The van der Waals surface area contributed by atoms with Gasteiger partial charge in [-0.05, 0) is 25.2 Å². The number of nitrogens with one attached hydrogen (secondary N) is 2. The lowest BCUT2D eigenvalue weighted by Crippen LogP contribution is -2.32. The van der Waals surface area contributed by atoms with E-state index >= 15 is 0 Å². The Morgan fingerprint density at radius 2 is 1.73 bits per heavy atom. The first kappa shape index (κ1) is 17.9. The molecule has 0 aliphatic heterocycles. The molecule has 0 bridgehead atoms. The molecule has 118 valence electrons. The molecule has 0 saturated heterocycles. The third kappa shape index (κ3) is 4.19. The summed E-state index contributed by atoms with van der Waals surface area (Å²) >= 11 is 0. The van der Waals surface area contributed by atoms with Crippen LogP contribution in [0.15, 0.2) is 42.7 Å². The van der Waals surface area contributed by atoms with Crippen molar-refractivity contribution in [2.75, 3.05) is 27.2 Å². The molecule has 0 saturated carbocycles. The van der Waals surface area contributed by atoms with E-state index in [4.69, 9.17) is 0 Å². The predicted molar refractivity (Wildman–Crippen MR) is 88.8 cm³/mol. The number of aromatic amines is 1. The highest BCUT2D eigenvalue weighted by atomic mass is 35.5. The third-order valence-corrected chi connectivity index (χ3v) is 3.30. The third-order valence-electron chi connectivity index (χ3n) is 3.30. The number of likely N-dealkylation sites (N-methyl/N-ethyl adjacent to an activating group) is 2. The standard InChI is InChI=1S/C16H19N3O2.ClH/c1-17-9-10-19(2)16(21)13-5-3-12(4-6-13)15(20)14-7-8-18-11-14;/h3-8,11,17-18H,9-10H2,1-2H3;1H. The van der Waals surface area contributed by atoms with Crippen LogP contribution in [0.5, 0.6) is 0 Å². The highest BCUT2D eigenvalue weighted by molar-refractivity contribution is 6.09. The van der Waals surface area contributed by atoms with Gasteiger partial charge in [-0.15, -0.1) is 12.4 Å². The molecule has 22 heavy (non-hydrogen) atoms. The van der Waals surface area contributed by atoms with Gasteiger partial charge < -0.3 is 15.2 Å². The molecular weight excluding hydrogens is 302 g/mol. The molecule has 1 aromatic carbocycles. The first-order valence-electron chi connectivity index (χ1n) is 6.81. The average molecular weight is 322 g/mol. The summed E-state index contributed by atoms with van der Waals surface area (Å²) < 4.78 is 0. The highest BCUT2D eigenvalue weighted by Crippen LogP contribution is 2.11. The number of rotatable bonds is 6. The van der Waals surface area contributed by atoms with E-state index in [1.807, 2.05) is 7.05 Å². The fourth-order valence-electron chi connectivity index (χ4n) is 2.00. The van der Waals surface area contributed by atoms with Gasteiger partial charge in [0.15, 0.2) is 5.78 Å². The Morgan fingerprint density at radius 3 is 2.27 bits per heavy atom. The largest absolute Gasteiger partial charge is 0.367 e. The summed E-state index contributed by atoms with van der Waals surface area (Å²) in [4.78, 5) is 28.8. The lowest BCUT2D eigenvalue weighted by Gasteiger charge is -2.16. The van der Waals surface area contributed by atoms with E-state index in [9.17, 15) is 9.59 Å². The first-order valence-corrected chi connectivity index (χ1v) is 6.81. The maximum atomic E-state index is 12.2. The van der Waals surface area contributed by atoms with Crippen LogP contribution in [0.3, 0.4) is 0 Å². The van der Waals surface area contributed by atoms with E-state index < -0.39 is 0 Å². The van der Waals surface area contributed by atoms with E-state index in [0.29, 0.717) is 23.2 Å². The van der Waals surface area contributed by atoms with Crippen LogP contribution in [0.1, 0.15) is 26.3 Å². The van der Waals surface area contributed by atoms with E-state index in [0.717, 1.165) is 6.54 Å². The molecule has 0 unspecified atom stereocenters. The number of hydrogen-bond acceptors (Lipinski definition) is 3. The molecule has 0 atom stereocenters. The van der Waals surface area contributed by atoms with Crippen molar-refractivity contribution in [3.05, 3.63) is 59.4 Å². The van der Waals surface area contributed by atoms with Crippen molar-refractivity contribution in [1.82, 2.24) is 15.2 Å². The Hall–Kier alpha value is -2.11. The van der Waals surface area contributed by atoms with Gasteiger partial charge >= 0.3 is 0 Å². The topological polar surface area (TPSA) is 65.2 Å². The molecule has 2 aromatic rings. The second kappa shape index (κ2) is 8.36. The van der Waals surface area contributed by atoms with Crippen LogP contribution >= 0.6 is 12.4 Å². The smallest absolute Gasteiger partial charge is 0.253 e. The number of aromatic nitrogens is 1. The fourth-order valence-corrected chi connectivity index (χ4v) is 2.00. The van der Waals surface area contributed by atoms with Crippen molar-refractivity contribution >= 4 is 24.1 Å². The zero-order valence-electron chi connectivity index (χ0n) is 12.6. The van der Waals surface area contributed by atoms with Gasteiger partial charge in [0.05, 0.1) is 0 Å². The van der Waals surface area contributed by atoms with Gasteiger partial charge in [-0.25, -0.2) is 0 Å². The second-order valence-electron chi connectivity index (χ2n) is 4.84. The normalized spacial score (nSPS) is 9.91. The zero-order valence-corrected chi connectivity index (χ0v) is 13.4. The maximum absolute atomic E-state index is 12.2. The van der Waals surface area contributed by atoms with Gasteiger partial charge in [0.25, 0.3) is 5.91 Å². The monoisotopic (exact) mass is 321 g/mol. The molecule has 2 N–H and O–H groups in total. The van der Waals surface area contributed by atoms with Crippen molar-refractivity contribution in [3.8, 4) is 0 Å². The zero-order chi connectivity index (χ0) is 15.2. The minimum atomic E-state index is -0.0567. The number of halogens is 1. The Balaban J connectivity index is 0.00000242. The molecule has 0 aliphatic rings.